The lowest BCUT2D eigenvalue weighted by Gasteiger charge is -2.32. The number of nitro benzene ring substituents is 1. The number of amides is 1. The summed E-state index contributed by atoms with van der Waals surface area (Å²) >= 11 is 0. The molecule has 1 heterocycles. The number of nitrogens with zero attached hydrogens (tertiary/aromatic N) is 2. The van der Waals surface area contributed by atoms with Crippen molar-refractivity contribution >= 4 is 23.3 Å². The van der Waals surface area contributed by atoms with Crippen LogP contribution in [-0.2, 0) is 14.4 Å². The molecule has 1 aromatic carbocycles. The molecular formula is C15H13N2O7-. The fourth-order valence-electron chi connectivity index (χ4n) is 2.60. The van der Waals surface area contributed by atoms with E-state index in [9.17, 15) is 34.7 Å². The van der Waals surface area contributed by atoms with Gasteiger partial charge >= 0.3 is 0 Å². The number of Topliss-reactive ketones (excluding diaryl/α,β-unsaturated/α-hetero) is 1. The quantitative estimate of drug-likeness (QED) is 0.591. The Morgan fingerprint density at radius 2 is 1.83 bits per heavy atom. The maximum atomic E-state index is 12.2. The second-order valence-electron chi connectivity index (χ2n) is 5.28. The van der Waals surface area contributed by atoms with Crippen molar-refractivity contribution in [1.29, 1.82) is 0 Å². The number of hydrogen-bond donors (Lipinski definition) is 1. The number of benzene rings is 1. The van der Waals surface area contributed by atoms with Crippen LogP contribution in [0.15, 0.2) is 35.6 Å². The Labute approximate surface area is 136 Å². The highest BCUT2D eigenvalue weighted by Gasteiger charge is 2.44. The average Bonchev–Trinajstić information content (AvgIpc) is 2.78. The molecule has 1 aliphatic rings. The number of carboxylic acid groups (broad SMARTS) is 1. The molecule has 1 amide bonds. The van der Waals surface area contributed by atoms with Crippen molar-refractivity contribution in [2.75, 3.05) is 0 Å². The molecule has 1 aliphatic heterocycles. The van der Waals surface area contributed by atoms with Crippen LogP contribution in [0.2, 0.25) is 0 Å². The van der Waals surface area contributed by atoms with Gasteiger partial charge in [-0.1, -0.05) is 0 Å². The van der Waals surface area contributed by atoms with Crippen molar-refractivity contribution in [1.82, 2.24) is 4.90 Å². The Morgan fingerprint density at radius 3 is 2.25 bits per heavy atom. The standard InChI is InChI=1S/C15H14N2O7/c1-7(15(21)22)16-12(11(8(2)18)13(19)14(16)20)9-3-5-10(6-4-9)17(23)24/h3-7,12,19H,1-2H3,(H,21,22)/p-1/t7-,12+/m0/s1. The number of carbonyl (C=O) groups is 3. The normalized spacial score (nSPS) is 18.7. The van der Waals surface area contributed by atoms with Gasteiger partial charge in [0.1, 0.15) is 0 Å². The van der Waals surface area contributed by atoms with E-state index in [2.05, 4.69) is 0 Å². The summed E-state index contributed by atoms with van der Waals surface area (Å²) in [6, 6.07) is 2.34. The maximum absolute atomic E-state index is 12.2. The third-order valence-corrected chi connectivity index (χ3v) is 3.80. The summed E-state index contributed by atoms with van der Waals surface area (Å²) in [6.45, 7) is 2.31. The van der Waals surface area contributed by atoms with Crippen molar-refractivity contribution in [3.63, 3.8) is 0 Å². The van der Waals surface area contributed by atoms with Crippen molar-refractivity contribution in [3.8, 4) is 0 Å². The van der Waals surface area contributed by atoms with Crippen molar-refractivity contribution in [2.45, 2.75) is 25.9 Å². The highest BCUT2D eigenvalue weighted by atomic mass is 16.6. The molecule has 0 aliphatic carbocycles. The minimum atomic E-state index is -1.56. The van der Waals surface area contributed by atoms with E-state index >= 15 is 0 Å². The Balaban J connectivity index is 2.58. The molecule has 0 radical (unpaired) electrons. The third-order valence-electron chi connectivity index (χ3n) is 3.80. The zero-order chi connectivity index (χ0) is 18.2. The predicted octanol–water partition coefficient (Wildman–Crippen LogP) is 0.0176. The first-order valence-corrected chi connectivity index (χ1v) is 6.88. The minimum absolute atomic E-state index is 0.208. The molecule has 9 heteroatoms. The van der Waals surface area contributed by atoms with Crippen LogP contribution >= 0.6 is 0 Å². The summed E-state index contributed by atoms with van der Waals surface area (Å²) in [5.74, 6) is -4.02. The molecule has 0 bridgehead atoms. The number of non-ortho nitro benzene ring substituents is 1. The van der Waals surface area contributed by atoms with E-state index in [1.807, 2.05) is 0 Å². The highest BCUT2D eigenvalue weighted by molar-refractivity contribution is 6.09. The van der Waals surface area contributed by atoms with Gasteiger partial charge in [-0.05, 0) is 31.5 Å². The van der Waals surface area contributed by atoms with E-state index in [-0.39, 0.29) is 16.8 Å². The van der Waals surface area contributed by atoms with Gasteiger partial charge in [-0.2, -0.15) is 0 Å². The number of rotatable bonds is 5. The van der Waals surface area contributed by atoms with Gasteiger partial charge in [0.2, 0.25) is 0 Å². The lowest BCUT2D eigenvalue weighted by molar-refractivity contribution is -0.384. The lowest BCUT2D eigenvalue weighted by Crippen LogP contribution is -2.48. The van der Waals surface area contributed by atoms with Crippen LogP contribution in [0.1, 0.15) is 25.5 Å². The first kappa shape index (κ1) is 17.1. The molecule has 0 saturated carbocycles. The Morgan fingerprint density at radius 1 is 1.29 bits per heavy atom. The molecule has 1 N–H and O–H groups in total. The first-order chi connectivity index (χ1) is 11.2. The summed E-state index contributed by atoms with van der Waals surface area (Å²) in [6.07, 6.45) is 0. The fourth-order valence-corrected chi connectivity index (χ4v) is 2.60. The Kier molecular flexibility index (Phi) is 4.36. The van der Waals surface area contributed by atoms with E-state index in [0.717, 1.165) is 24.0 Å². The number of carboxylic acids is 1. The van der Waals surface area contributed by atoms with Crippen LogP contribution in [0.25, 0.3) is 0 Å². The van der Waals surface area contributed by atoms with Gasteiger partial charge in [-0.3, -0.25) is 19.7 Å². The SMILES string of the molecule is CC(=O)C1=C(O)C(=O)N([C@@H](C)C(=O)[O-])[C@@H]1c1ccc([N+](=O)[O-])cc1. The summed E-state index contributed by atoms with van der Waals surface area (Å²) in [5.41, 5.74) is -0.210. The van der Waals surface area contributed by atoms with Gasteiger partial charge in [-0.15, -0.1) is 0 Å². The van der Waals surface area contributed by atoms with E-state index in [0.29, 0.717) is 0 Å². The van der Waals surface area contributed by atoms with Crippen molar-refractivity contribution < 1.29 is 29.5 Å². The highest BCUT2D eigenvalue weighted by Crippen LogP contribution is 2.39. The van der Waals surface area contributed by atoms with E-state index in [1.165, 1.54) is 19.1 Å². The summed E-state index contributed by atoms with van der Waals surface area (Å²) in [5, 5.41) is 31.8. The summed E-state index contributed by atoms with van der Waals surface area (Å²) < 4.78 is 0. The van der Waals surface area contributed by atoms with Gasteiger partial charge in [0, 0.05) is 12.1 Å². The summed E-state index contributed by atoms with van der Waals surface area (Å²) in [4.78, 5) is 46.1. The smallest absolute Gasteiger partial charge is 0.290 e. The molecule has 0 aromatic heterocycles. The number of aliphatic carboxylic acids is 1. The molecule has 24 heavy (non-hydrogen) atoms. The molecule has 2 atom stereocenters. The number of nitro groups is 1. The lowest BCUT2D eigenvalue weighted by atomic mass is 9.96. The molecule has 1 aromatic rings. The second-order valence-corrected chi connectivity index (χ2v) is 5.28. The van der Waals surface area contributed by atoms with Crippen LogP contribution in [0.5, 0.6) is 0 Å². The number of hydrogen-bond acceptors (Lipinski definition) is 7. The molecule has 0 spiro atoms. The summed E-state index contributed by atoms with van der Waals surface area (Å²) in [7, 11) is 0. The van der Waals surface area contributed by atoms with Crippen LogP contribution in [-0.4, -0.2) is 38.6 Å². The monoisotopic (exact) mass is 333 g/mol. The average molecular weight is 333 g/mol. The van der Waals surface area contributed by atoms with Crippen LogP contribution in [0.3, 0.4) is 0 Å². The van der Waals surface area contributed by atoms with Gasteiger partial charge in [0.25, 0.3) is 11.6 Å². The zero-order valence-corrected chi connectivity index (χ0v) is 12.8. The largest absolute Gasteiger partial charge is 0.548 e. The predicted molar refractivity (Wildman–Crippen MR) is 77.5 cm³/mol. The minimum Gasteiger partial charge on any atom is -0.548 e. The maximum Gasteiger partial charge on any atom is 0.290 e. The van der Waals surface area contributed by atoms with Crippen molar-refractivity contribution in [3.05, 3.63) is 51.3 Å². The second kappa shape index (κ2) is 6.11. The molecule has 9 nitrogen and oxygen atoms in total. The van der Waals surface area contributed by atoms with E-state index in [4.69, 9.17) is 0 Å². The van der Waals surface area contributed by atoms with Gasteiger partial charge in [0.15, 0.2) is 11.5 Å². The fraction of sp³-hybridized carbons (Fsp3) is 0.267. The van der Waals surface area contributed by atoms with Crippen LogP contribution in [0, 0.1) is 10.1 Å². The van der Waals surface area contributed by atoms with Crippen LogP contribution < -0.4 is 5.11 Å². The van der Waals surface area contributed by atoms with E-state index in [1.54, 1.807) is 0 Å². The van der Waals surface area contributed by atoms with E-state index < -0.39 is 40.4 Å². The molecule has 0 unspecified atom stereocenters. The molecule has 0 saturated heterocycles. The van der Waals surface area contributed by atoms with Gasteiger partial charge < -0.3 is 19.9 Å². The van der Waals surface area contributed by atoms with Crippen molar-refractivity contribution in [2.24, 2.45) is 0 Å². The Hall–Kier alpha value is -3.23. The molecule has 0 fully saturated rings. The number of ketones is 1. The van der Waals surface area contributed by atoms with Crippen LogP contribution in [0.4, 0.5) is 5.69 Å². The number of carbonyl (C=O) groups excluding carboxylic acids is 3. The van der Waals surface area contributed by atoms with Gasteiger partial charge in [-0.25, -0.2) is 0 Å². The third kappa shape index (κ3) is 2.71. The van der Waals surface area contributed by atoms with Gasteiger partial charge in [0.05, 0.1) is 28.5 Å². The zero-order valence-electron chi connectivity index (χ0n) is 12.8. The number of aliphatic hydroxyl groups excluding tert-OH is 1. The first-order valence-electron chi connectivity index (χ1n) is 6.88. The Bertz CT molecular complexity index is 767. The molecular weight excluding hydrogens is 320 g/mol. The topological polar surface area (TPSA) is 141 Å². The molecule has 126 valence electrons. The number of aliphatic hydroxyl groups is 1. The molecule has 2 rings (SSSR count).